The van der Waals surface area contributed by atoms with Gasteiger partial charge in [0.25, 0.3) is 0 Å². The second-order valence-electron chi connectivity index (χ2n) is 3.30. The number of thioether (sulfide) groups is 1. The van der Waals surface area contributed by atoms with E-state index in [0.29, 0.717) is 6.61 Å². The van der Waals surface area contributed by atoms with Crippen LogP contribution < -0.4 is 10.5 Å². The molecule has 17 heavy (non-hydrogen) atoms. The van der Waals surface area contributed by atoms with Crippen molar-refractivity contribution in [2.24, 2.45) is 5.73 Å². The second-order valence-corrected chi connectivity index (χ2v) is 5.55. The van der Waals surface area contributed by atoms with E-state index in [1.54, 1.807) is 11.3 Å². The van der Waals surface area contributed by atoms with E-state index in [0.717, 1.165) is 20.3 Å². The van der Waals surface area contributed by atoms with E-state index in [1.165, 1.54) is 11.8 Å². The summed E-state index contributed by atoms with van der Waals surface area (Å²) in [5.41, 5.74) is 6.02. The molecule has 6 heteroatoms. The van der Waals surface area contributed by atoms with E-state index in [2.05, 4.69) is 4.98 Å². The molecule has 2 aromatic rings. The second kappa shape index (κ2) is 5.37. The number of nitrogens with zero attached hydrogens (tertiary/aromatic N) is 1. The minimum absolute atomic E-state index is 0.262. The molecule has 0 aliphatic rings. The number of hydrogen-bond donors (Lipinski definition) is 1. The molecule has 0 saturated carbocycles. The summed E-state index contributed by atoms with van der Waals surface area (Å²) in [5.74, 6) is 0.775. The number of amides is 1. The van der Waals surface area contributed by atoms with Gasteiger partial charge in [-0.05, 0) is 25.1 Å². The topological polar surface area (TPSA) is 65.2 Å². The molecule has 0 saturated heterocycles. The molecule has 90 valence electrons. The normalized spacial score (nSPS) is 10.6. The van der Waals surface area contributed by atoms with Gasteiger partial charge in [-0.2, -0.15) is 0 Å². The van der Waals surface area contributed by atoms with Gasteiger partial charge in [0, 0.05) is 0 Å². The van der Waals surface area contributed by atoms with Crippen LogP contribution in [-0.4, -0.2) is 23.3 Å². The molecule has 1 amide bonds. The highest BCUT2D eigenvalue weighted by atomic mass is 32.2. The van der Waals surface area contributed by atoms with Crippen LogP contribution in [0.3, 0.4) is 0 Å². The summed E-state index contributed by atoms with van der Waals surface area (Å²) in [5, 5.41) is 0. The fourth-order valence-corrected chi connectivity index (χ4v) is 3.17. The number of ether oxygens (including phenoxy) is 1. The van der Waals surface area contributed by atoms with Gasteiger partial charge in [-0.3, -0.25) is 4.79 Å². The molecule has 4 nitrogen and oxygen atoms in total. The number of primary amides is 1. The molecular formula is C11H12N2O2S2. The molecular weight excluding hydrogens is 256 g/mol. The molecule has 0 aliphatic heterocycles. The van der Waals surface area contributed by atoms with Gasteiger partial charge in [-0.1, -0.05) is 11.8 Å². The van der Waals surface area contributed by atoms with E-state index in [4.69, 9.17) is 10.5 Å². The maximum absolute atomic E-state index is 10.7. The minimum atomic E-state index is -0.329. The zero-order valence-electron chi connectivity index (χ0n) is 9.30. The summed E-state index contributed by atoms with van der Waals surface area (Å²) in [7, 11) is 0. The number of benzene rings is 1. The molecule has 1 aromatic carbocycles. The molecule has 1 aromatic heterocycles. The quantitative estimate of drug-likeness (QED) is 0.845. The van der Waals surface area contributed by atoms with Crippen LogP contribution in [0.2, 0.25) is 0 Å². The number of rotatable bonds is 5. The smallest absolute Gasteiger partial charge is 0.227 e. The Kier molecular flexibility index (Phi) is 3.86. The van der Waals surface area contributed by atoms with E-state index < -0.39 is 0 Å². The molecule has 0 fully saturated rings. The number of carbonyl (C=O) groups excluding carboxylic acids is 1. The van der Waals surface area contributed by atoms with E-state index in [9.17, 15) is 4.79 Å². The maximum atomic E-state index is 10.7. The summed E-state index contributed by atoms with van der Waals surface area (Å²) >= 11 is 2.91. The SMILES string of the molecule is CCOc1ccc2nc(SCC(N)=O)sc2c1. The van der Waals surface area contributed by atoms with Crippen LogP contribution >= 0.6 is 23.1 Å². The summed E-state index contributed by atoms with van der Waals surface area (Å²) in [6.07, 6.45) is 0. The van der Waals surface area contributed by atoms with Crippen molar-refractivity contribution in [2.75, 3.05) is 12.4 Å². The Bertz CT molecular complexity index is 539. The molecule has 0 radical (unpaired) electrons. The number of nitrogens with two attached hydrogens (primary N) is 1. The monoisotopic (exact) mass is 268 g/mol. The molecule has 0 aliphatic carbocycles. The number of carbonyl (C=O) groups is 1. The van der Waals surface area contributed by atoms with Gasteiger partial charge in [-0.15, -0.1) is 11.3 Å². The maximum Gasteiger partial charge on any atom is 0.227 e. The molecule has 2 N–H and O–H groups in total. The molecule has 1 heterocycles. The van der Waals surface area contributed by atoms with Crippen molar-refractivity contribution in [2.45, 2.75) is 11.3 Å². The average molecular weight is 268 g/mol. The lowest BCUT2D eigenvalue weighted by molar-refractivity contribution is -0.115. The lowest BCUT2D eigenvalue weighted by atomic mass is 10.3. The lowest BCUT2D eigenvalue weighted by Crippen LogP contribution is -2.12. The van der Waals surface area contributed by atoms with Crippen molar-refractivity contribution in [3.63, 3.8) is 0 Å². The van der Waals surface area contributed by atoms with Crippen LogP contribution in [0, 0.1) is 0 Å². The van der Waals surface area contributed by atoms with Gasteiger partial charge in [0.1, 0.15) is 5.75 Å². The van der Waals surface area contributed by atoms with Gasteiger partial charge in [0.15, 0.2) is 4.34 Å². The molecule has 0 bridgehead atoms. The van der Waals surface area contributed by atoms with Gasteiger partial charge in [0.2, 0.25) is 5.91 Å². The van der Waals surface area contributed by atoms with Gasteiger partial charge < -0.3 is 10.5 Å². The van der Waals surface area contributed by atoms with E-state index >= 15 is 0 Å². The van der Waals surface area contributed by atoms with Crippen molar-refractivity contribution >= 4 is 39.2 Å². The first-order valence-corrected chi connectivity index (χ1v) is 6.93. The van der Waals surface area contributed by atoms with Crippen LogP contribution in [0.4, 0.5) is 0 Å². The van der Waals surface area contributed by atoms with Crippen molar-refractivity contribution in [3.8, 4) is 5.75 Å². The largest absolute Gasteiger partial charge is 0.494 e. The van der Waals surface area contributed by atoms with Crippen LogP contribution in [0.15, 0.2) is 22.5 Å². The van der Waals surface area contributed by atoms with E-state index in [-0.39, 0.29) is 11.7 Å². The highest BCUT2D eigenvalue weighted by molar-refractivity contribution is 8.01. The van der Waals surface area contributed by atoms with Crippen molar-refractivity contribution in [1.82, 2.24) is 4.98 Å². The van der Waals surface area contributed by atoms with E-state index in [1.807, 2.05) is 25.1 Å². The summed E-state index contributed by atoms with van der Waals surface area (Å²) < 4.78 is 7.33. The molecule has 0 unspecified atom stereocenters. The summed E-state index contributed by atoms with van der Waals surface area (Å²) in [4.78, 5) is 15.1. The average Bonchev–Trinajstić information content (AvgIpc) is 2.69. The third kappa shape index (κ3) is 3.10. The van der Waals surface area contributed by atoms with Crippen molar-refractivity contribution in [1.29, 1.82) is 0 Å². The Hall–Kier alpha value is -1.27. The Morgan fingerprint density at radius 2 is 2.41 bits per heavy atom. The minimum Gasteiger partial charge on any atom is -0.494 e. The standard InChI is InChI=1S/C11H12N2O2S2/c1-2-15-7-3-4-8-9(5-7)17-11(13-8)16-6-10(12)14/h3-5H,2,6H2,1H3,(H2,12,14). The first kappa shape index (κ1) is 12.2. The Morgan fingerprint density at radius 1 is 1.59 bits per heavy atom. The van der Waals surface area contributed by atoms with Crippen LogP contribution in [0.1, 0.15) is 6.92 Å². The van der Waals surface area contributed by atoms with Crippen LogP contribution in [-0.2, 0) is 4.79 Å². The molecule has 2 rings (SSSR count). The number of fused-ring (bicyclic) bond motifs is 1. The van der Waals surface area contributed by atoms with Gasteiger partial charge in [0.05, 0.1) is 22.6 Å². The summed E-state index contributed by atoms with van der Waals surface area (Å²) in [6, 6.07) is 5.78. The number of thiazole rings is 1. The number of hydrogen-bond acceptors (Lipinski definition) is 5. The first-order chi connectivity index (χ1) is 8.19. The Labute approximate surface area is 107 Å². The van der Waals surface area contributed by atoms with Crippen molar-refractivity contribution in [3.05, 3.63) is 18.2 Å². The van der Waals surface area contributed by atoms with Gasteiger partial charge >= 0.3 is 0 Å². The zero-order valence-corrected chi connectivity index (χ0v) is 10.9. The van der Waals surface area contributed by atoms with Crippen molar-refractivity contribution < 1.29 is 9.53 Å². The zero-order chi connectivity index (χ0) is 12.3. The third-order valence-corrected chi connectivity index (χ3v) is 4.17. The predicted octanol–water partition coefficient (Wildman–Crippen LogP) is 2.27. The molecule has 0 atom stereocenters. The number of aromatic nitrogens is 1. The van der Waals surface area contributed by atoms with Gasteiger partial charge in [-0.25, -0.2) is 4.98 Å². The Balaban J connectivity index is 2.21. The predicted molar refractivity (Wildman–Crippen MR) is 70.7 cm³/mol. The van der Waals surface area contributed by atoms with Crippen LogP contribution in [0.25, 0.3) is 10.2 Å². The molecule has 0 spiro atoms. The lowest BCUT2D eigenvalue weighted by Gasteiger charge is -2.00. The highest BCUT2D eigenvalue weighted by Gasteiger charge is 2.06. The highest BCUT2D eigenvalue weighted by Crippen LogP contribution is 2.31. The summed E-state index contributed by atoms with van der Waals surface area (Å²) in [6.45, 7) is 2.60. The Morgan fingerprint density at radius 3 is 3.12 bits per heavy atom. The van der Waals surface area contributed by atoms with Crippen LogP contribution in [0.5, 0.6) is 5.75 Å². The first-order valence-electron chi connectivity index (χ1n) is 5.13. The fraction of sp³-hybridized carbons (Fsp3) is 0.273. The fourth-order valence-electron chi connectivity index (χ4n) is 1.33. The third-order valence-electron chi connectivity index (χ3n) is 1.99.